The Morgan fingerprint density at radius 2 is 1.32 bits per heavy atom. The van der Waals surface area contributed by atoms with E-state index in [1.807, 2.05) is 11.3 Å². The zero-order chi connectivity index (χ0) is 36.2. The topological polar surface area (TPSA) is 130 Å². The van der Waals surface area contributed by atoms with Crippen molar-refractivity contribution < 1.29 is 69.2 Å². The minimum Gasteiger partial charge on any atom is -0.475 e. The fourth-order valence-electron chi connectivity index (χ4n) is 4.73. The number of carboxylic acid groups (broad SMARTS) is 3. The highest BCUT2D eigenvalue weighted by molar-refractivity contribution is 7.09. The number of nitrogens with one attached hydrogen (secondary N) is 1. The molecule has 0 saturated carbocycles. The fraction of sp³-hybridized carbons (Fsp3) is 0.536. The monoisotopic (exact) mass is 711 g/mol. The van der Waals surface area contributed by atoms with Gasteiger partial charge in [0.1, 0.15) is 0 Å². The number of hydrogen-bond donors (Lipinski definition) is 4. The minimum atomic E-state index is -5.08. The van der Waals surface area contributed by atoms with Crippen LogP contribution in [0.5, 0.6) is 0 Å². The molecule has 1 unspecified atom stereocenters. The van der Waals surface area contributed by atoms with Crippen molar-refractivity contribution in [2.45, 2.75) is 55.8 Å². The Morgan fingerprint density at radius 3 is 1.72 bits per heavy atom. The maximum Gasteiger partial charge on any atom is 0.490 e. The van der Waals surface area contributed by atoms with E-state index in [0.29, 0.717) is 11.5 Å². The summed E-state index contributed by atoms with van der Waals surface area (Å²) in [6, 6.07) is 14.1. The molecule has 2 heterocycles. The van der Waals surface area contributed by atoms with Gasteiger partial charge in [-0.3, -0.25) is 0 Å². The summed E-state index contributed by atoms with van der Waals surface area (Å²) in [6.07, 6.45) is -11.4. The number of carboxylic acids is 3. The summed E-state index contributed by atoms with van der Waals surface area (Å²) in [5, 5.41) is 27.4. The molecule has 2 aromatic rings. The summed E-state index contributed by atoms with van der Waals surface area (Å²) in [4.78, 5) is 33.1. The quantitative estimate of drug-likeness (QED) is 0.276. The average molecular weight is 712 g/mol. The first kappa shape index (κ1) is 41.6. The van der Waals surface area contributed by atoms with Crippen molar-refractivity contribution in [1.82, 2.24) is 15.1 Å². The molecule has 47 heavy (non-hydrogen) atoms. The number of nitrogens with zero attached hydrogens (tertiary/aromatic N) is 2. The van der Waals surface area contributed by atoms with Crippen molar-refractivity contribution in [3.8, 4) is 0 Å². The van der Waals surface area contributed by atoms with Gasteiger partial charge < -0.3 is 30.4 Å². The Labute approximate surface area is 267 Å². The van der Waals surface area contributed by atoms with Crippen LogP contribution in [0.25, 0.3) is 0 Å². The Bertz CT molecular complexity index is 1220. The lowest BCUT2D eigenvalue weighted by molar-refractivity contribution is -0.193. The molecule has 0 bridgehead atoms. The number of thiophene rings is 1. The molecule has 4 rings (SSSR count). The highest BCUT2D eigenvalue weighted by Gasteiger charge is 2.45. The van der Waals surface area contributed by atoms with E-state index in [1.54, 1.807) is 11.1 Å². The molecule has 1 fully saturated rings. The average Bonchev–Trinajstić information content (AvgIpc) is 3.58. The third-order valence-corrected chi connectivity index (χ3v) is 7.89. The standard InChI is InChI=1S/C22H31N3S.3C2HF3O2/c1-24(2)13-14-25-11-9-22(10-12-25)16-21(19-7-3-4-8-20(19)22)23-17-18-6-5-15-26-18;3*3-2(4,5)1(6)7/h3-8,15,21,23H,9-14,16-17H2,1-2H3;3*(H,6,7). The van der Waals surface area contributed by atoms with Crippen molar-refractivity contribution in [2.24, 2.45) is 0 Å². The Hall–Kier alpha value is -3.42. The lowest BCUT2D eigenvalue weighted by atomic mass is 9.73. The summed E-state index contributed by atoms with van der Waals surface area (Å²) in [5.74, 6) is -8.27. The number of aliphatic carboxylic acids is 3. The van der Waals surface area contributed by atoms with E-state index in [9.17, 15) is 39.5 Å². The second-order valence-electron chi connectivity index (χ2n) is 10.6. The van der Waals surface area contributed by atoms with Crippen molar-refractivity contribution in [3.63, 3.8) is 0 Å². The predicted molar refractivity (Wildman–Crippen MR) is 152 cm³/mol. The van der Waals surface area contributed by atoms with Crippen LogP contribution >= 0.6 is 11.3 Å². The Balaban J connectivity index is 0.000000430. The van der Waals surface area contributed by atoms with Gasteiger partial charge in [-0.1, -0.05) is 30.3 Å². The third-order valence-electron chi connectivity index (χ3n) is 7.01. The molecule has 4 N–H and O–H groups in total. The van der Waals surface area contributed by atoms with E-state index in [-0.39, 0.29) is 0 Å². The van der Waals surface area contributed by atoms with Gasteiger partial charge in [0.05, 0.1) is 0 Å². The Morgan fingerprint density at radius 1 is 0.851 bits per heavy atom. The molecule has 1 aromatic carbocycles. The molecule has 1 aliphatic carbocycles. The molecule has 1 spiro atoms. The van der Waals surface area contributed by atoms with E-state index in [2.05, 4.69) is 71.0 Å². The van der Waals surface area contributed by atoms with Crippen LogP contribution in [0.4, 0.5) is 39.5 Å². The van der Waals surface area contributed by atoms with Gasteiger partial charge in [-0.25, -0.2) is 14.4 Å². The SMILES string of the molecule is CN(C)CCN1CCC2(CC1)CC(NCc1cccs1)c1ccccc12.O=C(O)C(F)(F)F.O=C(O)C(F)(F)F.O=C(O)C(F)(F)F. The fourth-order valence-corrected chi connectivity index (χ4v) is 5.39. The number of likely N-dealkylation sites (tertiary alicyclic amines) is 1. The summed E-state index contributed by atoms with van der Waals surface area (Å²) in [5.41, 5.74) is 3.56. The van der Waals surface area contributed by atoms with E-state index in [1.165, 1.54) is 43.8 Å². The molecule has 1 saturated heterocycles. The van der Waals surface area contributed by atoms with E-state index < -0.39 is 36.4 Å². The first-order valence-corrected chi connectivity index (χ1v) is 14.5. The van der Waals surface area contributed by atoms with Crippen LogP contribution in [0.15, 0.2) is 41.8 Å². The van der Waals surface area contributed by atoms with Crippen molar-refractivity contribution >= 4 is 29.2 Å². The van der Waals surface area contributed by atoms with Gasteiger partial charge in [-0.05, 0) is 74.4 Å². The van der Waals surface area contributed by atoms with Gasteiger partial charge in [0, 0.05) is 30.6 Å². The number of alkyl halides is 9. The third kappa shape index (κ3) is 14.5. The molecule has 1 aliphatic heterocycles. The van der Waals surface area contributed by atoms with E-state index in [0.717, 1.165) is 13.1 Å². The predicted octanol–water partition coefficient (Wildman–Crippen LogP) is 5.78. The molecule has 9 nitrogen and oxygen atoms in total. The number of halogens is 9. The van der Waals surface area contributed by atoms with Crippen LogP contribution in [0.3, 0.4) is 0 Å². The summed E-state index contributed by atoms with van der Waals surface area (Å²) < 4.78 is 95.2. The first-order valence-electron chi connectivity index (χ1n) is 13.6. The summed E-state index contributed by atoms with van der Waals surface area (Å²) in [6.45, 7) is 5.82. The lowest BCUT2D eigenvalue weighted by Crippen LogP contribution is -2.44. The van der Waals surface area contributed by atoms with Crippen molar-refractivity contribution in [2.75, 3.05) is 40.3 Å². The van der Waals surface area contributed by atoms with Crippen LogP contribution in [-0.2, 0) is 26.3 Å². The van der Waals surface area contributed by atoms with Crippen LogP contribution in [0.1, 0.15) is 41.3 Å². The molecule has 19 heteroatoms. The zero-order valence-electron chi connectivity index (χ0n) is 25.0. The molecule has 2 aliphatic rings. The van der Waals surface area contributed by atoms with Gasteiger partial charge in [-0.15, -0.1) is 11.3 Å². The second-order valence-corrected chi connectivity index (χ2v) is 11.7. The van der Waals surface area contributed by atoms with Gasteiger partial charge in [0.15, 0.2) is 0 Å². The molecular formula is C28H34F9N3O6S. The molecule has 0 amide bonds. The van der Waals surface area contributed by atoms with Gasteiger partial charge in [0.25, 0.3) is 0 Å². The lowest BCUT2D eigenvalue weighted by Gasteiger charge is -2.40. The number of rotatable bonds is 6. The molecule has 266 valence electrons. The first-order chi connectivity index (χ1) is 21.5. The number of piperidine rings is 1. The number of hydrogen-bond acceptors (Lipinski definition) is 7. The van der Waals surface area contributed by atoms with E-state index in [4.69, 9.17) is 29.7 Å². The van der Waals surface area contributed by atoms with Crippen LogP contribution in [0.2, 0.25) is 0 Å². The normalized spacial score (nSPS) is 17.3. The zero-order valence-corrected chi connectivity index (χ0v) is 25.9. The van der Waals surface area contributed by atoms with Crippen LogP contribution in [0, 0.1) is 0 Å². The van der Waals surface area contributed by atoms with Gasteiger partial charge in [0.2, 0.25) is 0 Å². The second kappa shape index (κ2) is 17.7. The number of likely N-dealkylation sites (N-methyl/N-ethyl adjacent to an activating group) is 1. The highest BCUT2D eigenvalue weighted by Crippen LogP contribution is 2.50. The molecule has 1 atom stereocenters. The van der Waals surface area contributed by atoms with Gasteiger partial charge >= 0.3 is 36.4 Å². The summed E-state index contributed by atoms with van der Waals surface area (Å²) in [7, 11) is 4.34. The number of benzene rings is 1. The summed E-state index contributed by atoms with van der Waals surface area (Å²) >= 11 is 1.85. The maximum atomic E-state index is 10.6. The number of carbonyl (C=O) groups is 3. The maximum absolute atomic E-state index is 10.6. The molecule has 1 aromatic heterocycles. The minimum absolute atomic E-state index is 0.387. The Kier molecular flexibility index (Phi) is 15.6. The van der Waals surface area contributed by atoms with Crippen LogP contribution in [-0.4, -0.2) is 102 Å². The highest BCUT2D eigenvalue weighted by atomic mass is 32.1. The van der Waals surface area contributed by atoms with Crippen molar-refractivity contribution in [1.29, 1.82) is 0 Å². The number of fused-ring (bicyclic) bond motifs is 2. The smallest absolute Gasteiger partial charge is 0.475 e. The largest absolute Gasteiger partial charge is 0.490 e. The van der Waals surface area contributed by atoms with Crippen molar-refractivity contribution in [3.05, 3.63) is 57.8 Å². The van der Waals surface area contributed by atoms with E-state index >= 15 is 0 Å². The molecule has 0 radical (unpaired) electrons. The molecular weight excluding hydrogens is 677 g/mol. The van der Waals surface area contributed by atoms with Crippen LogP contribution < -0.4 is 5.32 Å². The van der Waals surface area contributed by atoms with Gasteiger partial charge in [-0.2, -0.15) is 39.5 Å².